The van der Waals surface area contributed by atoms with Gasteiger partial charge in [-0.05, 0) is 38.3 Å². The number of likely N-dealkylation sites (N-methyl/N-ethyl adjacent to an activating group) is 1. The van der Waals surface area contributed by atoms with Gasteiger partial charge in [0.25, 0.3) is 5.91 Å². The summed E-state index contributed by atoms with van der Waals surface area (Å²) in [6, 6.07) is 0.553. The molecule has 2 fully saturated rings. The number of benzene rings is 1. The average molecular weight is 465 g/mol. The van der Waals surface area contributed by atoms with E-state index in [9.17, 15) is 22.8 Å². The summed E-state index contributed by atoms with van der Waals surface area (Å²) in [7, 11) is 1.75. The number of Topliss-reactive ketones (excluding diaryl/α,β-unsaturated/α-hetero) is 1. The largest absolute Gasteiger partial charge is 0.486 e. The zero-order chi connectivity index (χ0) is 24.1. The maximum absolute atomic E-state index is 14.2. The fourth-order valence-electron chi connectivity index (χ4n) is 7.39. The number of nitrogens with one attached hydrogen (secondary N) is 2. The summed E-state index contributed by atoms with van der Waals surface area (Å²) in [6.07, 6.45) is -2.38. The molecule has 2 N–H and O–H groups in total. The second-order valence-electron chi connectivity index (χ2n) is 11.2. The van der Waals surface area contributed by atoms with E-state index in [0.29, 0.717) is 12.0 Å². The first kappa shape index (κ1) is 22.7. The molecule has 2 saturated carbocycles. The molecule has 2 heterocycles. The van der Waals surface area contributed by atoms with Crippen molar-refractivity contribution in [3.8, 4) is 5.75 Å². The number of alkyl halides is 3. The van der Waals surface area contributed by atoms with Crippen molar-refractivity contribution in [2.75, 3.05) is 7.05 Å². The quantitative estimate of drug-likeness (QED) is 0.652. The number of carbonyl (C=O) groups is 2. The van der Waals surface area contributed by atoms with Crippen LogP contribution in [0.1, 0.15) is 74.0 Å². The number of halogens is 3. The minimum Gasteiger partial charge on any atom is -0.486 e. The van der Waals surface area contributed by atoms with Crippen LogP contribution in [0.3, 0.4) is 0 Å². The van der Waals surface area contributed by atoms with Gasteiger partial charge in [0, 0.05) is 46.4 Å². The van der Waals surface area contributed by atoms with Crippen molar-refractivity contribution in [1.29, 1.82) is 0 Å². The molecule has 1 unspecified atom stereocenters. The molecule has 5 rings (SSSR count). The molecule has 1 spiro atoms. The van der Waals surface area contributed by atoms with Gasteiger partial charge >= 0.3 is 6.18 Å². The molecule has 0 bridgehead atoms. The van der Waals surface area contributed by atoms with Gasteiger partial charge in [-0.25, -0.2) is 0 Å². The van der Waals surface area contributed by atoms with Gasteiger partial charge in [-0.15, -0.1) is 0 Å². The van der Waals surface area contributed by atoms with Crippen molar-refractivity contribution in [3.63, 3.8) is 0 Å². The molecule has 1 aromatic carbocycles. The number of hydrogen-bond donors (Lipinski definition) is 2. The number of ketones is 1. The van der Waals surface area contributed by atoms with E-state index < -0.39 is 40.1 Å². The number of rotatable bonds is 1. The first-order valence-corrected chi connectivity index (χ1v) is 11.7. The van der Waals surface area contributed by atoms with Crippen LogP contribution < -0.4 is 15.4 Å². The molecule has 2 aliphatic heterocycles. The van der Waals surface area contributed by atoms with Crippen LogP contribution in [0.4, 0.5) is 13.2 Å². The third-order valence-electron chi connectivity index (χ3n) is 9.48. The highest BCUT2D eigenvalue weighted by atomic mass is 19.4. The molecule has 5 atom stereocenters. The normalized spacial score (nSPS) is 36.8. The maximum Gasteiger partial charge on any atom is 0.416 e. The highest BCUT2D eigenvalue weighted by molar-refractivity contribution is 5.99. The molecule has 0 saturated heterocycles. The van der Waals surface area contributed by atoms with E-state index in [1.165, 1.54) is 0 Å². The van der Waals surface area contributed by atoms with E-state index in [2.05, 4.69) is 17.6 Å². The summed E-state index contributed by atoms with van der Waals surface area (Å²) < 4.78 is 49.5. The molecular formula is C25H31F3N2O3. The first-order chi connectivity index (χ1) is 15.3. The Morgan fingerprint density at radius 3 is 2.48 bits per heavy atom. The van der Waals surface area contributed by atoms with Crippen LogP contribution >= 0.6 is 0 Å². The van der Waals surface area contributed by atoms with Crippen molar-refractivity contribution < 1.29 is 27.5 Å². The average Bonchev–Trinajstić information content (AvgIpc) is 3.10. The summed E-state index contributed by atoms with van der Waals surface area (Å²) in [4.78, 5) is 25.7. The summed E-state index contributed by atoms with van der Waals surface area (Å²) >= 11 is 0. The van der Waals surface area contributed by atoms with Crippen LogP contribution in [0, 0.1) is 22.7 Å². The fourth-order valence-corrected chi connectivity index (χ4v) is 7.39. The lowest BCUT2D eigenvalue weighted by molar-refractivity contribution is -0.214. The maximum atomic E-state index is 14.2. The molecule has 33 heavy (non-hydrogen) atoms. The van der Waals surface area contributed by atoms with Gasteiger partial charge in [-0.2, -0.15) is 13.2 Å². The Balaban J connectivity index is 1.79. The molecule has 1 amide bonds. The third-order valence-corrected chi connectivity index (χ3v) is 9.48. The van der Waals surface area contributed by atoms with E-state index in [4.69, 9.17) is 4.74 Å². The van der Waals surface area contributed by atoms with E-state index in [1.807, 2.05) is 20.8 Å². The van der Waals surface area contributed by atoms with E-state index in [0.717, 1.165) is 18.9 Å². The standard InChI is InChI=1S/C25H31F3N2O3/c1-12-6-7-18-22(2,3)20(31)17(29-5)10-24(18)23(12,4)9-14-16(25(26,27)28)8-13-15(19(14)33-24)11-30-21(13)32/h8,12,17-18,29H,6-7,9-11H2,1-5H3,(H,30,32)/t12-,17?,18-,23+,24-/m0/s1. The molecule has 4 aliphatic rings. The van der Waals surface area contributed by atoms with E-state index >= 15 is 0 Å². The lowest BCUT2D eigenvalue weighted by atomic mass is 9.43. The SMILES string of the molecule is CNC1C[C@@]23Oc4c5c(cc(C(F)(F)F)c4C[C@]2(C)[C@@H](C)CC[C@H]3C(C)(C)C1=O)C(=O)NC5. The number of carbonyl (C=O) groups excluding carboxylic acids is 2. The third kappa shape index (κ3) is 2.76. The van der Waals surface area contributed by atoms with Gasteiger partial charge in [0.1, 0.15) is 11.4 Å². The topological polar surface area (TPSA) is 67.4 Å². The lowest BCUT2D eigenvalue weighted by Crippen LogP contribution is -2.73. The number of ether oxygens (including phenoxy) is 1. The van der Waals surface area contributed by atoms with Crippen molar-refractivity contribution in [1.82, 2.24) is 10.6 Å². The molecule has 2 aliphatic carbocycles. The van der Waals surface area contributed by atoms with Crippen LogP contribution in [-0.4, -0.2) is 30.4 Å². The molecule has 5 nitrogen and oxygen atoms in total. The predicted octanol–water partition coefficient (Wildman–Crippen LogP) is 4.26. The highest BCUT2D eigenvalue weighted by Gasteiger charge is 2.70. The lowest BCUT2D eigenvalue weighted by Gasteiger charge is -2.66. The monoisotopic (exact) mass is 464 g/mol. The van der Waals surface area contributed by atoms with E-state index in [-0.39, 0.29) is 47.5 Å². The summed E-state index contributed by atoms with van der Waals surface area (Å²) in [6.45, 7) is 8.18. The zero-order valence-electron chi connectivity index (χ0n) is 19.7. The van der Waals surface area contributed by atoms with Crippen molar-refractivity contribution in [2.45, 2.75) is 77.7 Å². The summed E-state index contributed by atoms with van der Waals surface area (Å²) in [5, 5.41) is 5.81. The van der Waals surface area contributed by atoms with Gasteiger partial charge < -0.3 is 15.4 Å². The Morgan fingerprint density at radius 1 is 1.15 bits per heavy atom. The summed E-state index contributed by atoms with van der Waals surface area (Å²) in [5.41, 5.74) is -2.19. The predicted molar refractivity (Wildman–Crippen MR) is 116 cm³/mol. The molecule has 180 valence electrons. The van der Waals surface area contributed by atoms with Crippen LogP contribution in [0.25, 0.3) is 0 Å². The van der Waals surface area contributed by atoms with Crippen LogP contribution in [0.2, 0.25) is 0 Å². The molecule has 0 radical (unpaired) electrons. The van der Waals surface area contributed by atoms with E-state index in [1.54, 1.807) is 7.05 Å². The Bertz CT molecular complexity index is 1070. The number of amides is 1. The second kappa shape index (κ2) is 6.74. The minimum atomic E-state index is -4.60. The van der Waals surface area contributed by atoms with Crippen LogP contribution in [0.15, 0.2) is 6.07 Å². The van der Waals surface area contributed by atoms with Gasteiger partial charge in [-0.3, -0.25) is 9.59 Å². The van der Waals surface area contributed by atoms with Crippen molar-refractivity contribution in [2.24, 2.45) is 22.7 Å². The van der Waals surface area contributed by atoms with Gasteiger partial charge in [0.2, 0.25) is 0 Å². The van der Waals surface area contributed by atoms with Gasteiger partial charge in [0.15, 0.2) is 5.78 Å². The number of fused-ring (bicyclic) bond motifs is 3. The Labute approximate surface area is 191 Å². The zero-order valence-corrected chi connectivity index (χ0v) is 19.7. The first-order valence-electron chi connectivity index (χ1n) is 11.7. The van der Waals surface area contributed by atoms with Crippen LogP contribution in [-0.2, 0) is 23.9 Å². The molecule has 8 heteroatoms. The Hall–Kier alpha value is -2.09. The highest BCUT2D eigenvalue weighted by Crippen LogP contribution is 2.66. The number of hydrogen-bond acceptors (Lipinski definition) is 4. The minimum absolute atomic E-state index is 0.0396. The molecular weight excluding hydrogens is 433 g/mol. The fraction of sp³-hybridized carbons (Fsp3) is 0.680. The Morgan fingerprint density at radius 2 is 1.85 bits per heavy atom. The van der Waals surface area contributed by atoms with Crippen molar-refractivity contribution >= 4 is 11.7 Å². The molecule has 0 aromatic heterocycles. The van der Waals surface area contributed by atoms with Gasteiger partial charge in [0.05, 0.1) is 11.6 Å². The Kier molecular flexibility index (Phi) is 4.63. The van der Waals surface area contributed by atoms with Crippen LogP contribution in [0.5, 0.6) is 5.75 Å². The van der Waals surface area contributed by atoms with Crippen molar-refractivity contribution in [3.05, 3.63) is 28.3 Å². The smallest absolute Gasteiger partial charge is 0.416 e. The second-order valence-corrected chi connectivity index (χ2v) is 11.2. The summed E-state index contributed by atoms with van der Waals surface area (Å²) in [5.74, 6) is -0.203. The van der Waals surface area contributed by atoms with Gasteiger partial charge in [-0.1, -0.05) is 27.7 Å². The molecule has 1 aromatic rings.